The van der Waals surface area contributed by atoms with E-state index in [0.717, 1.165) is 18.4 Å². The molecule has 0 atom stereocenters. The van der Waals surface area contributed by atoms with E-state index in [1.165, 1.54) is 16.7 Å². The van der Waals surface area contributed by atoms with Gasteiger partial charge in [-0.15, -0.1) is 6.58 Å². The van der Waals surface area contributed by atoms with Gasteiger partial charge < -0.3 is 14.4 Å². The van der Waals surface area contributed by atoms with Gasteiger partial charge in [-0.3, -0.25) is 0 Å². The Bertz CT molecular complexity index is 587. The number of fused-ring (bicyclic) bond motifs is 1. The zero-order valence-corrected chi connectivity index (χ0v) is 14.6. The topological polar surface area (TPSA) is 38.8 Å². The first-order valence-electron chi connectivity index (χ1n) is 8.05. The highest BCUT2D eigenvalue weighted by molar-refractivity contribution is 5.69. The second kappa shape index (κ2) is 7.18. The highest BCUT2D eigenvalue weighted by atomic mass is 16.6. The minimum Gasteiger partial charge on any atom is -0.444 e. The number of benzene rings is 1. The lowest BCUT2D eigenvalue weighted by Gasteiger charge is -2.32. The number of nitrogens with zero attached hydrogens (tertiary/aromatic N) is 1. The molecule has 0 N–H and O–H groups in total. The highest BCUT2D eigenvalue weighted by Crippen LogP contribution is 2.26. The number of rotatable bonds is 4. The van der Waals surface area contributed by atoms with Gasteiger partial charge in [0.25, 0.3) is 0 Å². The van der Waals surface area contributed by atoms with E-state index in [9.17, 15) is 4.79 Å². The van der Waals surface area contributed by atoms with Crippen molar-refractivity contribution in [1.29, 1.82) is 0 Å². The smallest absolute Gasteiger partial charge is 0.410 e. The molecule has 0 unspecified atom stereocenters. The van der Waals surface area contributed by atoms with Crippen LogP contribution in [0.5, 0.6) is 0 Å². The second-order valence-electron chi connectivity index (χ2n) is 6.97. The molecule has 0 bridgehead atoms. The Balaban J connectivity index is 2.24. The van der Waals surface area contributed by atoms with Crippen molar-refractivity contribution < 1.29 is 14.3 Å². The molecule has 0 aliphatic carbocycles. The van der Waals surface area contributed by atoms with Crippen LogP contribution >= 0.6 is 0 Å². The molecule has 1 amide bonds. The lowest BCUT2D eigenvalue weighted by Crippen LogP contribution is -2.40. The van der Waals surface area contributed by atoms with Crippen LogP contribution in [0, 0.1) is 0 Å². The monoisotopic (exact) mass is 317 g/mol. The molecule has 1 aliphatic rings. The van der Waals surface area contributed by atoms with E-state index in [1.54, 1.807) is 12.0 Å². The standard InChI is InChI=1S/C19H27NO3/c1-6-7-15-10-14(13-22-5)11-16-12-20(9-8-17(15)16)18(21)23-19(2,3)4/h6,10-11H,1,7-9,12-13H2,2-5H3. The van der Waals surface area contributed by atoms with Gasteiger partial charge in [-0.25, -0.2) is 4.79 Å². The Kier molecular flexibility index (Phi) is 5.47. The van der Waals surface area contributed by atoms with Crippen molar-refractivity contribution in [2.45, 2.75) is 52.4 Å². The van der Waals surface area contributed by atoms with E-state index in [-0.39, 0.29) is 6.09 Å². The molecule has 0 radical (unpaired) electrons. The van der Waals surface area contributed by atoms with E-state index in [4.69, 9.17) is 9.47 Å². The van der Waals surface area contributed by atoms with Gasteiger partial charge in [0.2, 0.25) is 0 Å². The molecule has 1 aliphatic heterocycles. The number of amides is 1. The summed E-state index contributed by atoms with van der Waals surface area (Å²) in [5.74, 6) is 0. The van der Waals surface area contributed by atoms with Crippen molar-refractivity contribution in [3.05, 3.63) is 47.0 Å². The van der Waals surface area contributed by atoms with E-state index < -0.39 is 5.60 Å². The molecule has 1 aromatic rings. The lowest BCUT2D eigenvalue weighted by molar-refractivity contribution is 0.0223. The number of allylic oxidation sites excluding steroid dienone is 1. The Morgan fingerprint density at radius 2 is 2.13 bits per heavy atom. The summed E-state index contributed by atoms with van der Waals surface area (Å²) in [5.41, 5.74) is 4.48. The molecule has 2 rings (SSSR count). The fourth-order valence-electron chi connectivity index (χ4n) is 2.93. The minimum absolute atomic E-state index is 0.245. The zero-order valence-electron chi connectivity index (χ0n) is 14.6. The normalized spacial score (nSPS) is 14.3. The summed E-state index contributed by atoms with van der Waals surface area (Å²) < 4.78 is 10.8. The summed E-state index contributed by atoms with van der Waals surface area (Å²) in [6, 6.07) is 4.33. The molecule has 4 heteroatoms. The summed E-state index contributed by atoms with van der Waals surface area (Å²) in [6.07, 6.45) is 3.37. The molecule has 0 saturated carbocycles. The summed E-state index contributed by atoms with van der Waals surface area (Å²) in [4.78, 5) is 14.1. The van der Waals surface area contributed by atoms with Gasteiger partial charge in [0.05, 0.1) is 6.61 Å². The Labute approximate surface area is 139 Å². The minimum atomic E-state index is -0.469. The van der Waals surface area contributed by atoms with Gasteiger partial charge in [0.15, 0.2) is 0 Å². The fourth-order valence-corrected chi connectivity index (χ4v) is 2.93. The van der Waals surface area contributed by atoms with Crippen LogP contribution in [-0.2, 0) is 35.5 Å². The van der Waals surface area contributed by atoms with E-state index >= 15 is 0 Å². The maximum Gasteiger partial charge on any atom is 0.410 e. The van der Waals surface area contributed by atoms with Crippen LogP contribution in [0.1, 0.15) is 43.0 Å². The molecule has 1 aromatic carbocycles. The van der Waals surface area contributed by atoms with Crippen molar-refractivity contribution in [2.75, 3.05) is 13.7 Å². The molecule has 4 nitrogen and oxygen atoms in total. The van der Waals surface area contributed by atoms with Crippen LogP contribution in [0.2, 0.25) is 0 Å². The first-order valence-corrected chi connectivity index (χ1v) is 8.05. The largest absolute Gasteiger partial charge is 0.444 e. The molecule has 126 valence electrons. The van der Waals surface area contributed by atoms with Gasteiger partial charge in [0, 0.05) is 20.2 Å². The van der Waals surface area contributed by atoms with Crippen molar-refractivity contribution in [1.82, 2.24) is 4.90 Å². The first-order chi connectivity index (χ1) is 10.8. The second-order valence-corrected chi connectivity index (χ2v) is 6.97. The maximum atomic E-state index is 12.3. The number of carbonyl (C=O) groups is 1. The van der Waals surface area contributed by atoms with Crippen LogP contribution in [0.25, 0.3) is 0 Å². The number of carbonyl (C=O) groups excluding carboxylic acids is 1. The highest BCUT2D eigenvalue weighted by Gasteiger charge is 2.26. The quantitative estimate of drug-likeness (QED) is 0.792. The molecule has 0 spiro atoms. The molecular formula is C19H27NO3. The van der Waals surface area contributed by atoms with Crippen LogP contribution in [0.15, 0.2) is 24.8 Å². The summed E-state index contributed by atoms with van der Waals surface area (Å²) in [5, 5.41) is 0. The predicted molar refractivity (Wildman–Crippen MR) is 91.4 cm³/mol. The Hall–Kier alpha value is -1.81. The van der Waals surface area contributed by atoms with Crippen molar-refractivity contribution in [2.24, 2.45) is 0 Å². The van der Waals surface area contributed by atoms with Crippen LogP contribution < -0.4 is 0 Å². The third-order valence-corrected chi connectivity index (χ3v) is 3.81. The van der Waals surface area contributed by atoms with Gasteiger partial charge >= 0.3 is 6.09 Å². The lowest BCUT2D eigenvalue weighted by atomic mass is 9.91. The third kappa shape index (κ3) is 4.58. The average Bonchev–Trinajstić information content (AvgIpc) is 2.45. The number of hydrogen-bond donors (Lipinski definition) is 0. The summed E-state index contributed by atoms with van der Waals surface area (Å²) in [6.45, 7) is 11.4. The number of hydrogen-bond acceptors (Lipinski definition) is 3. The summed E-state index contributed by atoms with van der Waals surface area (Å²) in [7, 11) is 1.69. The van der Waals surface area contributed by atoms with Crippen molar-refractivity contribution in [3.8, 4) is 0 Å². The van der Waals surface area contributed by atoms with E-state index in [0.29, 0.717) is 19.7 Å². The average molecular weight is 317 g/mol. The van der Waals surface area contributed by atoms with Crippen molar-refractivity contribution >= 4 is 6.09 Å². The SMILES string of the molecule is C=CCc1cc(COC)cc2c1CCN(C(=O)OC(C)(C)C)C2. The Morgan fingerprint density at radius 1 is 1.39 bits per heavy atom. The molecular weight excluding hydrogens is 290 g/mol. The van der Waals surface area contributed by atoms with Crippen LogP contribution in [0.4, 0.5) is 4.79 Å². The third-order valence-electron chi connectivity index (χ3n) is 3.81. The van der Waals surface area contributed by atoms with Crippen LogP contribution in [-0.4, -0.2) is 30.2 Å². The Morgan fingerprint density at radius 3 is 2.74 bits per heavy atom. The zero-order chi connectivity index (χ0) is 17.0. The van der Waals surface area contributed by atoms with Crippen LogP contribution in [0.3, 0.4) is 0 Å². The fraction of sp³-hybridized carbons (Fsp3) is 0.526. The number of ether oxygens (including phenoxy) is 2. The summed E-state index contributed by atoms with van der Waals surface area (Å²) >= 11 is 0. The van der Waals surface area contributed by atoms with Gasteiger partial charge in [-0.2, -0.15) is 0 Å². The van der Waals surface area contributed by atoms with Gasteiger partial charge in [0.1, 0.15) is 5.60 Å². The molecule has 23 heavy (non-hydrogen) atoms. The van der Waals surface area contributed by atoms with Crippen molar-refractivity contribution in [3.63, 3.8) is 0 Å². The van der Waals surface area contributed by atoms with E-state index in [1.807, 2.05) is 26.8 Å². The molecule has 1 heterocycles. The number of methoxy groups -OCH3 is 1. The molecule has 0 aromatic heterocycles. The predicted octanol–water partition coefficient (Wildman–Crippen LogP) is 3.85. The molecule has 0 saturated heterocycles. The first kappa shape index (κ1) is 17.5. The molecule has 0 fully saturated rings. The van der Waals surface area contributed by atoms with E-state index in [2.05, 4.69) is 18.7 Å². The van der Waals surface area contributed by atoms with Gasteiger partial charge in [-0.05, 0) is 55.9 Å². The maximum absolute atomic E-state index is 12.3. The van der Waals surface area contributed by atoms with Gasteiger partial charge in [-0.1, -0.05) is 18.2 Å².